The molecule has 0 aliphatic heterocycles. The number of halogens is 1. The lowest BCUT2D eigenvalue weighted by atomic mass is 9.87. The minimum absolute atomic E-state index is 0. The topological polar surface area (TPSA) is 67.1 Å². The molecule has 1 heterocycles. The van der Waals surface area contributed by atoms with Crippen LogP contribution >= 0.6 is 35.7 Å². The van der Waals surface area contributed by atoms with Gasteiger partial charge in [-0.3, -0.25) is 4.99 Å². The molecule has 2 saturated carbocycles. The standard InChI is InChI=1S/C21H38N6S.HI/c1-4-22-20(24-17-13-11-16(2)12-14-17)23-15-7-10-19-25-26-21(28-3)27(19)18-8-5-6-9-18;/h16-18H,4-15H2,1-3H3,(H2,22,23,24);1H. The Labute approximate surface area is 197 Å². The first-order valence-electron chi connectivity index (χ1n) is 11.2. The molecule has 0 aromatic carbocycles. The molecule has 8 heteroatoms. The Kier molecular flexibility index (Phi) is 11.1. The van der Waals surface area contributed by atoms with E-state index in [1.807, 2.05) is 0 Å². The molecule has 29 heavy (non-hydrogen) atoms. The van der Waals surface area contributed by atoms with Crippen molar-refractivity contribution in [3.8, 4) is 0 Å². The molecule has 0 saturated heterocycles. The van der Waals surface area contributed by atoms with E-state index in [1.54, 1.807) is 11.8 Å². The second kappa shape index (κ2) is 13.0. The van der Waals surface area contributed by atoms with E-state index in [9.17, 15) is 0 Å². The number of nitrogens with one attached hydrogen (secondary N) is 2. The van der Waals surface area contributed by atoms with Gasteiger partial charge in [0.25, 0.3) is 0 Å². The largest absolute Gasteiger partial charge is 0.357 e. The van der Waals surface area contributed by atoms with Crippen LogP contribution in [-0.4, -0.2) is 46.1 Å². The number of thioether (sulfide) groups is 1. The highest BCUT2D eigenvalue weighted by atomic mass is 127. The van der Waals surface area contributed by atoms with Crippen molar-refractivity contribution in [2.75, 3.05) is 19.3 Å². The maximum Gasteiger partial charge on any atom is 0.191 e. The Hall–Kier alpha value is -0.510. The highest BCUT2D eigenvalue weighted by Crippen LogP contribution is 2.33. The monoisotopic (exact) mass is 534 g/mol. The second-order valence-corrected chi connectivity index (χ2v) is 9.15. The molecule has 3 rings (SSSR count). The fourth-order valence-electron chi connectivity index (χ4n) is 4.49. The minimum atomic E-state index is 0. The Morgan fingerprint density at radius 1 is 1.14 bits per heavy atom. The maximum atomic E-state index is 4.83. The molecule has 0 radical (unpaired) electrons. The molecule has 2 fully saturated rings. The van der Waals surface area contributed by atoms with Crippen LogP contribution in [0.2, 0.25) is 0 Å². The van der Waals surface area contributed by atoms with Crippen molar-refractivity contribution < 1.29 is 0 Å². The first-order valence-corrected chi connectivity index (χ1v) is 12.5. The van der Waals surface area contributed by atoms with Gasteiger partial charge in [-0.25, -0.2) is 0 Å². The minimum Gasteiger partial charge on any atom is -0.357 e. The van der Waals surface area contributed by atoms with Crippen LogP contribution in [0.25, 0.3) is 0 Å². The summed E-state index contributed by atoms with van der Waals surface area (Å²) >= 11 is 1.72. The van der Waals surface area contributed by atoms with E-state index in [1.165, 1.54) is 51.4 Å². The number of hydrogen-bond acceptors (Lipinski definition) is 4. The molecule has 2 aliphatic carbocycles. The highest BCUT2D eigenvalue weighted by molar-refractivity contribution is 14.0. The van der Waals surface area contributed by atoms with E-state index in [2.05, 4.69) is 45.5 Å². The lowest BCUT2D eigenvalue weighted by molar-refractivity contribution is 0.329. The smallest absolute Gasteiger partial charge is 0.191 e. The fourth-order valence-corrected chi connectivity index (χ4v) is 5.07. The SMILES string of the molecule is CCNC(=NCCCc1nnc(SC)n1C1CCCC1)NC1CCC(C)CC1.I. The van der Waals surface area contributed by atoms with Gasteiger partial charge in [-0.2, -0.15) is 0 Å². The van der Waals surface area contributed by atoms with Crippen LogP contribution in [0.15, 0.2) is 10.1 Å². The van der Waals surface area contributed by atoms with Crippen LogP contribution < -0.4 is 10.6 Å². The summed E-state index contributed by atoms with van der Waals surface area (Å²) in [5, 5.41) is 17.1. The summed E-state index contributed by atoms with van der Waals surface area (Å²) in [5.74, 6) is 3.00. The number of rotatable bonds is 8. The van der Waals surface area contributed by atoms with Crippen molar-refractivity contribution in [1.29, 1.82) is 0 Å². The van der Waals surface area contributed by atoms with E-state index in [0.29, 0.717) is 12.1 Å². The van der Waals surface area contributed by atoms with Crippen molar-refractivity contribution in [3.63, 3.8) is 0 Å². The third-order valence-corrected chi connectivity index (χ3v) is 6.78. The van der Waals surface area contributed by atoms with Gasteiger partial charge < -0.3 is 15.2 Å². The van der Waals surface area contributed by atoms with Gasteiger partial charge in [0.15, 0.2) is 11.1 Å². The molecule has 166 valence electrons. The number of aryl methyl sites for hydroxylation is 1. The zero-order valence-electron chi connectivity index (χ0n) is 18.3. The summed E-state index contributed by atoms with van der Waals surface area (Å²) in [7, 11) is 0. The molecule has 0 unspecified atom stereocenters. The van der Waals surface area contributed by atoms with Gasteiger partial charge in [-0.1, -0.05) is 31.5 Å². The van der Waals surface area contributed by atoms with Gasteiger partial charge in [-0.15, -0.1) is 34.2 Å². The molecule has 6 nitrogen and oxygen atoms in total. The number of aromatic nitrogens is 3. The first-order chi connectivity index (χ1) is 13.7. The van der Waals surface area contributed by atoms with Crippen LogP contribution in [0.5, 0.6) is 0 Å². The molecule has 0 atom stereocenters. The van der Waals surface area contributed by atoms with Gasteiger partial charge >= 0.3 is 0 Å². The van der Waals surface area contributed by atoms with Crippen molar-refractivity contribution >= 4 is 41.7 Å². The predicted octanol–water partition coefficient (Wildman–Crippen LogP) is 4.80. The predicted molar refractivity (Wildman–Crippen MR) is 134 cm³/mol. The Balaban J connectivity index is 0.00000300. The third kappa shape index (κ3) is 7.29. The van der Waals surface area contributed by atoms with Gasteiger partial charge in [0.1, 0.15) is 5.82 Å². The third-order valence-electron chi connectivity index (χ3n) is 6.14. The van der Waals surface area contributed by atoms with Crippen LogP contribution in [0.1, 0.15) is 83.5 Å². The van der Waals surface area contributed by atoms with Crippen LogP contribution in [0.3, 0.4) is 0 Å². The highest BCUT2D eigenvalue weighted by Gasteiger charge is 2.23. The summed E-state index contributed by atoms with van der Waals surface area (Å²) in [6.45, 7) is 6.23. The Bertz CT molecular complexity index is 621. The van der Waals surface area contributed by atoms with E-state index in [4.69, 9.17) is 4.99 Å². The Morgan fingerprint density at radius 2 is 1.86 bits per heavy atom. The van der Waals surface area contributed by atoms with Crippen LogP contribution in [0, 0.1) is 5.92 Å². The number of nitrogens with zero attached hydrogens (tertiary/aromatic N) is 4. The normalized spacial score (nSPS) is 23.1. The summed E-state index contributed by atoms with van der Waals surface area (Å²) < 4.78 is 2.41. The fraction of sp³-hybridized carbons (Fsp3) is 0.857. The average Bonchev–Trinajstić information content (AvgIpc) is 3.36. The quantitative estimate of drug-likeness (QED) is 0.165. The van der Waals surface area contributed by atoms with Crippen molar-refractivity contribution in [2.24, 2.45) is 10.9 Å². The van der Waals surface area contributed by atoms with Crippen LogP contribution in [0.4, 0.5) is 0 Å². The number of aliphatic imine (C=N–C) groups is 1. The average molecular weight is 535 g/mol. The molecule has 1 aromatic heterocycles. The summed E-state index contributed by atoms with van der Waals surface area (Å²) in [6, 6.07) is 1.17. The molecule has 1 aromatic rings. The zero-order valence-corrected chi connectivity index (χ0v) is 21.5. The molecular weight excluding hydrogens is 495 g/mol. The second-order valence-electron chi connectivity index (χ2n) is 8.38. The number of guanidine groups is 1. The summed E-state index contributed by atoms with van der Waals surface area (Å²) in [5.41, 5.74) is 0. The van der Waals surface area contributed by atoms with Crippen molar-refractivity contribution in [3.05, 3.63) is 5.82 Å². The van der Waals surface area contributed by atoms with E-state index < -0.39 is 0 Å². The molecule has 0 spiro atoms. The van der Waals surface area contributed by atoms with Crippen molar-refractivity contribution in [1.82, 2.24) is 25.4 Å². The van der Waals surface area contributed by atoms with Gasteiger partial charge in [0.2, 0.25) is 0 Å². The van der Waals surface area contributed by atoms with E-state index in [-0.39, 0.29) is 24.0 Å². The lowest BCUT2D eigenvalue weighted by Crippen LogP contribution is -2.44. The molecule has 0 bridgehead atoms. The van der Waals surface area contributed by atoms with E-state index in [0.717, 1.165) is 48.8 Å². The Morgan fingerprint density at radius 3 is 2.52 bits per heavy atom. The maximum absolute atomic E-state index is 4.83. The summed E-state index contributed by atoms with van der Waals surface area (Å²) in [6.07, 6.45) is 14.4. The molecule has 2 aliphatic rings. The molecule has 2 N–H and O–H groups in total. The van der Waals surface area contributed by atoms with Gasteiger partial charge in [0, 0.05) is 31.6 Å². The lowest BCUT2D eigenvalue weighted by Gasteiger charge is -2.28. The van der Waals surface area contributed by atoms with Gasteiger partial charge in [-0.05, 0) is 64.0 Å². The first kappa shape index (κ1) is 24.8. The molecular formula is C21H39IN6S. The summed E-state index contributed by atoms with van der Waals surface area (Å²) in [4.78, 5) is 4.83. The van der Waals surface area contributed by atoms with Gasteiger partial charge in [0.05, 0.1) is 0 Å². The zero-order chi connectivity index (χ0) is 19.8. The van der Waals surface area contributed by atoms with Crippen LogP contribution in [-0.2, 0) is 6.42 Å². The molecule has 0 amide bonds. The van der Waals surface area contributed by atoms with E-state index >= 15 is 0 Å². The number of hydrogen-bond donors (Lipinski definition) is 2. The van der Waals surface area contributed by atoms with Crippen molar-refractivity contribution in [2.45, 2.75) is 95.3 Å².